The molecule has 0 spiro atoms. The van der Waals surface area contributed by atoms with Gasteiger partial charge in [-0.15, -0.1) is 0 Å². The van der Waals surface area contributed by atoms with Crippen molar-refractivity contribution < 1.29 is 9.59 Å². The van der Waals surface area contributed by atoms with Crippen molar-refractivity contribution in [3.05, 3.63) is 77.2 Å². The molecule has 1 aliphatic rings. The van der Waals surface area contributed by atoms with E-state index in [-0.39, 0.29) is 30.2 Å². The van der Waals surface area contributed by atoms with Crippen molar-refractivity contribution in [1.82, 2.24) is 24.3 Å². The van der Waals surface area contributed by atoms with E-state index in [1.807, 2.05) is 54.7 Å². The summed E-state index contributed by atoms with van der Waals surface area (Å²) in [5.74, 6) is -0.506. The van der Waals surface area contributed by atoms with Gasteiger partial charge < -0.3 is 4.90 Å². The molecule has 4 heterocycles. The van der Waals surface area contributed by atoms with Gasteiger partial charge in [0.25, 0.3) is 5.56 Å². The molecule has 4 aromatic rings. The number of piperidine rings is 1. The van der Waals surface area contributed by atoms with Crippen LogP contribution in [-0.2, 0) is 16.1 Å². The molecule has 0 radical (unpaired) electrons. The first-order chi connectivity index (χ1) is 16.6. The van der Waals surface area contributed by atoms with Crippen molar-refractivity contribution in [2.24, 2.45) is 0 Å². The number of Topliss-reactive ketones (excluding diaryl/α,β-unsaturated/α-hetero) is 1. The number of benzene rings is 1. The number of likely N-dealkylation sites (tertiary alicyclic amines) is 1. The van der Waals surface area contributed by atoms with Gasteiger partial charge in [0.2, 0.25) is 5.91 Å². The Morgan fingerprint density at radius 3 is 2.41 bits per heavy atom. The van der Waals surface area contributed by atoms with E-state index in [2.05, 4.69) is 5.10 Å². The van der Waals surface area contributed by atoms with Crippen LogP contribution >= 0.6 is 0 Å². The maximum absolute atomic E-state index is 12.7. The van der Waals surface area contributed by atoms with Crippen LogP contribution in [0.2, 0.25) is 0 Å². The molecule has 3 aromatic heterocycles. The summed E-state index contributed by atoms with van der Waals surface area (Å²) in [4.78, 5) is 39.4. The van der Waals surface area contributed by atoms with E-state index in [1.165, 1.54) is 6.07 Å². The topological polar surface area (TPSA) is 89.6 Å². The van der Waals surface area contributed by atoms with Crippen molar-refractivity contribution in [3.63, 3.8) is 0 Å². The zero-order chi connectivity index (χ0) is 23.5. The Bertz CT molecular complexity index is 1400. The van der Waals surface area contributed by atoms with Crippen LogP contribution in [-0.4, -0.2) is 49.1 Å². The predicted molar refractivity (Wildman–Crippen MR) is 128 cm³/mol. The number of fused-ring (bicyclic) bond motifs is 1. The summed E-state index contributed by atoms with van der Waals surface area (Å²) in [6.45, 7) is 1.14. The number of carbonyl (C=O) groups excluding carboxylic acids is 2. The van der Waals surface area contributed by atoms with Gasteiger partial charge in [0.1, 0.15) is 12.2 Å². The standard InChI is InChI=1S/C26H25N5O3/c32-20(17-24(34)29-14-6-2-7-15-29)18-31-23(33)13-12-21(27-31)25-22-11-5-8-16-30(22)28-26(25)19-9-3-1-4-10-19/h1,3-5,8-13,16H,2,6-7,14-15,17-18H2. The third kappa shape index (κ3) is 4.39. The highest BCUT2D eigenvalue weighted by molar-refractivity contribution is 5.98. The Hall–Kier alpha value is -4.07. The number of hydrogen-bond acceptors (Lipinski definition) is 5. The lowest BCUT2D eigenvalue weighted by molar-refractivity contribution is -0.136. The van der Waals surface area contributed by atoms with Gasteiger partial charge in [-0.05, 0) is 37.5 Å². The average molecular weight is 456 g/mol. The van der Waals surface area contributed by atoms with Gasteiger partial charge in [-0.3, -0.25) is 14.4 Å². The van der Waals surface area contributed by atoms with Crippen LogP contribution in [0, 0.1) is 0 Å². The van der Waals surface area contributed by atoms with E-state index >= 15 is 0 Å². The third-order valence-electron chi connectivity index (χ3n) is 6.09. The van der Waals surface area contributed by atoms with E-state index in [9.17, 15) is 14.4 Å². The number of rotatable bonds is 6. The molecule has 8 heteroatoms. The number of carbonyl (C=O) groups is 2. The van der Waals surface area contributed by atoms with Gasteiger partial charge in [0.05, 0.1) is 23.2 Å². The number of aromatic nitrogens is 4. The summed E-state index contributed by atoms with van der Waals surface area (Å²) in [5.41, 5.74) is 3.41. The lowest BCUT2D eigenvalue weighted by atomic mass is 10.0. The first kappa shape index (κ1) is 21.8. The van der Waals surface area contributed by atoms with Crippen molar-refractivity contribution in [2.45, 2.75) is 32.2 Å². The summed E-state index contributed by atoms with van der Waals surface area (Å²) in [6, 6.07) is 18.6. The van der Waals surface area contributed by atoms with Gasteiger partial charge in [-0.2, -0.15) is 10.2 Å². The van der Waals surface area contributed by atoms with E-state index < -0.39 is 0 Å². The second-order valence-electron chi connectivity index (χ2n) is 8.49. The first-order valence-corrected chi connectivity index (χ1v) is 11.5. The normalized spacial score (nSPS) is 13.8. The fraction of sp³-hybridized carbons (Fsp3) is 0.269. The summed E-state index contributed by atoms with van der Waals surface area (Å²) in [5, 5.41) is 9.25. The maximum atomic E-state index is 12.7. The minimum absolute atomic E-state index is 0.178. The molecule has 0 unspecified atom stereocenters. The molecule has 0 saturated carbocycles. The molecule has 1 aliphatic heterocycles. The second kappa shape index (κ2) is 9.43. The lowest BCUT2D eigenvalue weighted by Gasteiger charge is -2.26. The average Bonchev–Trinajstić information content (AvgIpc) is 3.26. The molecule has 0 atom stereocenters. The SMILES string of the molecule is O=C(CC(=O)N1CCCCC1)Cn1nc(-c2c(-c3ccccc3)nn3ccccc23)ccc1=O. The van der Waals surface area contributed by atoms with Crippen molar-refractivity contribution in [3.8, 4) is 22.5 Å². The maximum Gasteiger partial charge on any atom is 0.267 e. The number of hydrogen-bond donors (Lipinski definition) is 0. The van der Waals surface area contributed by atoms with E-state index in [0.717, 1.165) is 46.3 Å². The Morgan fingerprint density at radius 1 is 0.853 bits per heavy atom. The molecule has 0 bridgehead atoms. The molecular weight excluding hydrogens is 430 g/mol. The monoisotopic (exact) mass is 455 g/mol. The number of nitrogens with zero attached hydrogens (tertiary/aromatic N) is 5. The Labute approximate surface area is 196 Å². The molecule has 0 aliphatic carbocycles. The van der Waals surface area contributed by atoms with E-state index in [0.29, 0.717) is 18.8 Å². The highest BCUT2D eigenvalue weighted by Gasteiger charge is 2.21. The predicted octanol–water partition coefficient (Wildman–Crippen LogP) is 3.20. The smallest absolute Gasteiger partial charge is 0.267 e. The highest BCUT2D eigenvalue weighted by Crippen LogP contribution is 2.33. The van der Waals surface area contributed by atoms with Crippen LogP contribution in [0.4, 0.5) is 0 Å². The first-order valence-electron chi connectivity index (χ1n) is 11.5. The fourth-order valence-corrected chi connectivity index (χ4v) is 4.39. The van der Waals surface area contributed by atoms with Gasteiger partial charge in [-0.25, -0.2) is 9.20 Å². The van der Waals surface area contributed by atoms with Gasteiger partial charge in [0, 0.05) is 30.9 Å². The van der Waals surface area contributed by atoms with Crippen LogP contribution in [0.5, 0.6) is 0 Å². The van der Waals surface area contributed by atoms with Gasteiger partial charge in [0.15, 0.2) is 5.78 Å². The quantitative estimate of drug-likeness (QED) is 0.417. The highest BCUT2D eigenvalue weighted by atomic mass is 16.2. The van der Waals surface area contributed by atoms with Gasteiger partial charge >= 0.3 is 0 Å². The largest absolute Gasteiger partial charge is 0.342 e. The molecule has 34 heavy (non-hydrogen) atoms. The van der Waals surface area contributed by atoms with Crippen LogP contribution in [0.3, 0.4) is 0 Å². The Morgan fingerprint density at radius 2 is 1.62 bits per heavy atom. The van der Waals surface area contributed by atoms with Crippen LogP contribution in [0.1, 0.15) is 25.7 Å². The molecule has 8 nitrogen and oxygen atoms in total. The fourth-order valence-electron chi connectivity index (χ4n) is 4.39. The zero-order valence-corrected chi connectivity index (χ0v) is 18.8. The Balaban J connectivity index is 1.47. The van der Waals surface area contributed by atoms with Crippen LogP contribution < -0.4 is 5.56 Å². The molecule has 1 saturated heterocycles. The summed E-state index contributed by atoms with van der Waals surface area (Å²) < 4.78 is 2.92. The van der Waals surface area contributed by atoms with Crippen LogP contribution in [0.15, 0.2) is 71.7 Å². The molecule has 1 amide bonds. The molecule has 5 rings (SSSR count). The van der Waals surface area contributed by atoms with Crippen molar-refractivity contribution >= 4 is 17.2 Å². The van der Waals surface area contributed by atoms with E-state index in [1.54, 1.807) is 15.5 Å². The van der Waals surface area contributed by atoms with Crippen LogP contribution in [0.25, 0.3) is 28.0 Å². The molecule has 0 N–H and O–H groups in total. The lowest BCUT2D eigenvalue weighted by Crippen LogP contribution is -2.37. The zero-order valence-electron chi connectivity index (χ0n) is 18.8. The Kier molecular flexibility index (Phi) is 6.03. The van der Waals surface area contributed by atoms with Crippen molar-refractivity contribution in [1.29, 1.82) is 0 Å². The molecule has 172 valence electrons. The van der Waals surface area contributed by atoms with E-state index in [4.69, 9.17) is 5.10 Å². The minimum atomic E-state index is -0.389. The number of amides is 1. The number of ketones is 1. The van der Waals surface area contributed by atoms with Crippen molar-refractivity contribution in [2.75, 3.05) is 13.1 Å². The second-order valence-corrected chi connectivity index (χ2v) is 8.49. The summed E-state index contributed by atoms with van der Waals surface area (Å²) in [6.07, 6.45) is 4.68. The molecule has 1 fully saturated rings. The molecule has 1 aromatic carbocycles. The summed E-state index contributed by atoms with van der Waals surface area (Å²) >= 11 is 0. The molecular formula is C26H25N5O3. The third-order valence-corrected chi connectivity index (χ3v) is 6.09. The van der Waals surface area contributed by atoms with Gasteiger partial charge in [-0.1, -0.05) is 36.4 Å². The number of pyridine rings is 1. The minimum Gasteiger partial charge on any atom is -0.342 e. The summed E-state index contributed by atoms with van der Waals surface area (Å²) in [7, 11) is 0.